The van der Waals surface area contributed by atoms with Crippen molar-refractivity contribution in [3.63, 3.8) is 0 Å². The normalized spacial score (nSPS) is 18.2. The minimum atomic E-state index is -3.96. The van der Waals surface area contributed by atoms with Gasteiger partial charge in [-0.2, -0.15) is 4.31 Å². The second-order valence-corrected chi connectivity index (χ2v) is 11.8. The van der Waals surface area contributed by atoms with Crippen molar-refractivity contribution in [3.05, 3.63) is 84.9 Å². The number of para-hydroxylation sites is 1. The first-order valence-corrected chi connectivity index (χ1v) is 15.3. The molecule has 0 spiro atoms. The third kappa shape index (κ3) is 6.47. The Labute approximate surface area is 241 Å². The standard InChI is InChI=1S/C30H35N5O5S/c1-2-40-26-15-13-24(14-16-26)31-30(37)34-21-22-35(41(38,39)27-11-7-4-8-12-27)28(23-34)29(36)33-19-17-32(18-20-33)25-9-5-3-6-10-25/h3-16,28H,2,17-23H2,1H3,(H,31,37). The molecule has 1 atom stereocenters. The monoisotopic (exact) mass is 577 g/mol. The molecule has 3 aromatic carbocycles. The maximum absolute atomic E-state index is 13.9. The van der Waals surface area contributed by atoms with Crippen LogP contribution in [0.25, 0.3) is 0 Å². The number of ether oxygens (including phenoxy) is 1. The molecular weight excluding hydrogens is 542 g/mol. The average molecular weight is 578 g/mol. The van der Waals surface area contributed by atoms with E-state index in [0.29, 0.717) is 44.2 Å². The lowest BCUT2D eigenvalue weighted by Crippen LogP contribution is -2.63. The van der Waals surface area contributed by atoms with Crippen LogP contribution in [0.3, 0.4) is 0 Å². The second kappa shape index (κ2) is 12.6. The van der Waals surface area contributed by atoms with E-state index in [2.05, 4.69) is 10.2 Å². The van der Waals surface area contributed by atoms with Gasteiger partial charge in [0.2, 0.25) is 15.9 Å². The molecule has 2 fully saturated rings. The molecule has 0 saturated carbocycles. The molecular formula is C30H35N5O5S. The first kappa shape index (κ1) is 28.4. The molecule has 2 saturated heterocycles. The van der Waals surface area contributed by atoms with E-state index in [4.69, 9.17) is 4.74 Å². The molecule has 5 rings (SSSR count). The highest BCUT2D eigenvalue weighted by atomic mass is 32.2. The molecule has 3 aromatic rings. The molecule has 0 aliphatic carbocycles. The van der Waals surface area contributed by atoms with E-state index in [9.17, 15) is 18.0 Å². The molecule has 11 heteroatoms. The Morgan fingerprint density at radius 3 is 2.05 bits per heavy atom. The lowest BCUT2D eigenvalue weighted by Gasteiger charge is -2.43. The van der Waals surface area contributed by atoms with Crippen LogP contribution in [0.2, 0.25) is 0 Å². The minimum absolute atomic E-state index is 0.00825. The topological polar surface area (TPSA) is 102 Å². The van der Waals surface area contributed by atoms with Crippen molar-refractivity contribution in [2.24, 2.45) is 0 Å². The number of carbonyl (C=O) groups excluding carboxylic acids is 2. The van der Waals surface area contributed by atoms with Crippen molar-refractivity contribution in [1.29, 1.82) is 0 Å². The highest BCUT2D eigenvalue weighted by molar-refractivity contribution is 7.89. The van der Waals surface area contributed by atoms with Crippen LogP contribution in [0.15, 0.2) is 89.8 Å². The van der Waals surface area contributed by atoms with E-state index in [1.807, 2.05) is 37.3 Å². The number of hydrogen-bond donors (Lipinski definition) is 1. The Balaban J connectivity index is 1.33. The highest BCUT2D eigenvalue weighted by Gasteiger charge is 2.43. The first-order valence-electron chi connectivity index (χ1n) is 13.8. The van der Waals surface area contributed by atoms with Crippen LogP contribution in [-0.4, -0.2) is 92.9 Å². The summed E-state index contributed by atoms with van der Waals surface area (Å²) in [6, 6.07) is 23.7. The highest BCUT2D eigenvalue weighted by Crippen LogP contribution is 2.25. The van der Waals surface area contributed by atoms with Gasteiger partial charge in [0.05, 0.1) is 11.5 Å². The number of hydrogen-bond acceptors (Lipinski definition) is 6. The van der Waals surface area contributed by atoms with E-state index in [0.717, 1.165) is 5.69 Å². The number of amides is 3. The molecule has 2 aliphatic heterocycles. The maximum atomic E-state index is 13.9. The summed E-state index contributed by atoms with van der Waals surface area (Å²) < 4.78 is 34.1. The van der Waals surface area contributed by atoms with Gasteiger partial charge in [0.25, 0.3) is 0 Å². The number of carbonyl (C=O) groups is 2. The summed E-state index contributed by atoms with van der Waals surface area (Å²) in [4.78, 5) is 32.7. The van der Waals surface area contributed by atoms with Gasteiger partial charge in [-0.3, -0.25) is 4.79 Å². The predicted molar refractivity (Wildman–Crippen MR) is 158 cm³/mol. The zero-order valence-corrected chi connectivity index (χ0v) is 23.9. The van der Waals surface area contributed by atoms with Gasteiger partial charge in [-0.1, -0.05) is 36.4 Å². The van der Waals surface area contributed by atoms with Gasteiger partial charge < -0.3 is 24.8 Å². The van der Waals surface area contributed by atoms with Crippen molar-refractivity contribution in [3.8, 4) is 5.75 Å². The van der Waals surface area contributed by atoms with Gasteiger partial charge in [-0.25, -0.2) is 13.2 Å². The number of urea groups is 1. The molecule has 216 valence electrons. The lowest BCUT2D eigenvalue weighted by molar-refractivity contribution is -0.137. The average Bonchev–Trinajstić information content (AvgIpc) is 3.02. The summed E-state index contributed by atoms with van der Waals surface area (Å²) in [6.07, 6.45) is 0. The number of benzene rings is 3. The molecule has 10 nitrogen and oxygen atoms in total. The zero-order valence-electron chi connectivity index (χ0n) is 23.1. The van der Waals surface area contributed by atoms with E-state index >= 15 is 0 Å². The van der Waals surface area contributed by atoms with Crippen LogP contribution in [0.5, 0.6) is 5.75 Å². The van der Waals surface area contributed by atoms with Crippen molar-refractivity contribution in [2.75, 3.05) is 62.6 Å². The Morgan fingerprint density at radius 2 is 1.41 bits per heavy atom. The smallest absolute Gasteiger partial charge is 0.321 e. The minimum Gasteiger partial charge on any atom is -0.494 e. The van der Waals surface area contributed by atoms with E-state index in [1.165, 1.54) is 21.3 Å². The molecule has 0 radical (unpaired) electrons. The second-order valence-electron chi connectivity index (χ2n) is 9.93. The summed E-state index contributed by atoms with van der Waals surface area (Å²) in [5, 5.41) is 2.86. The van der Waals surface area contributed by atoms with Crippen molar-refractivity contribution in [1.82, 2.24) is 14.1 Å². The SMILES string of the molecule is CCOc1ccc(NC(=O)N2CCN(S(=O)(=O)c3ccccc3)C(C(=O)N3CCN(c4ccccc4)CC3)C2)cc1. The fourth-order valence-electron chi connectivity index (χ4n) is 5.21. The van der Waals surface area contributed by atoms with Crippen LogP contribution in [-0.2, 0) is 14.8 Å². The molecule has 3 amide bonds. The zero-order chi connectivity index (χ0) is 28.8. The number of rotatable bonds is 7. The van der Waals surface area contributed by atoms with Crippen LogP contribution in [0.1, 0.15) is 6.92 Å². The van der Waals surface area contributed by atoms with Crippen molar-refractivity contribution < 1.29 is 22.7 Å². The molecule has 2 heterocycles. The van der Waals surface area contributed by atoms with Crippen LogP contribution in [0.4, 0.5) is 16.2 Å². The Hall–Kier alpha value is -4.09. The largest absolute Gasteiger partial charge is 0.494 e. The summed E-state index contributed by atoms with van der Waals surface area (Å²) in [5.74, 6) is 0.402. The van der Waals surface area contributed by atoms with E-state index in [1.54, 1.807) is 47.4 Å². The summed E-state index contributed by atoms with van der Waals surface area (Å²) in [5.41, 5.74) is 1.67. The van der Waals surface area contributed by atoms with Gasteiger partial charge in [0.15, 0.2) is 0 Å². The number of piperazine rings is 2. The van der Waals surface area contributed by atoms with Crippen molar-refractivity contribution >= 4 is 33.3 Å². The molecule has 0 aromatic heterocycles. The number of nitrogens with zero attached hydrogens (tertiary/aromatic N) is 4. The third-order valence-electron chi connectivity index (χ3n) is 7.38. The van der Waals surface area contributed by atoms with Crippen molar-refractivity contribution in [2.45, 2.75) is 17.9 Å². The van der Waals surface area contributed by atoms with Gasteiger partial charge in [-0.05, 0) is 55.5 Å². The summed E-state index contributed by atoms with van der Waals surface area (Å²) in [6.45, 7) is 4.74. The van der Waals surface area contributed by atoms with Gasteiger partial charge in [0, 0.05) is 57.2 Å². The van der Waals surface area contributed by atoms with Gasteiger partial charge in [-0.15, -0.1) is 0 Å². The molecule has 41 heavy (non-hydrogen) atoms. The molecule has 0 bridgehead atoms. The van der Waals surface area contributed by atoms with Gasteiger partial charge >= 0.3 is 6.03 Å². The number of sulfonamides is 1. The fourth-order valence-corrected chi connectivity index (χ4v) is 6.79. The summed E-state index contributed by atoms with van der Waals surface area (Å²) in [7, 11) is -3.96. The molecule has 1 unspecified atom stereocenters. The molecule has 2 aliphatic rings. The molecule has 1 N–H and O–H groups in total. The van der Waals surface area contributed by atoms with Gasteiger partial charge in [0.1, 0.15) is 11.8 Å². The Bertz CT molecular complexity index is 1430. The van der Waals surface area contributed by atoms with Crippen LogP contribution >= 0.6 is 0 Å². The Kier molecular flexibility index (Phi) is 8.75. The lowest BCUT2D eigenvalue weighted by atomic mass is 10.1. The third-order valence-corrected chi connectivity index (χ3v) is 9.30. The quantitative estimate of drug-likeness (QED) is 0.462. The number of nitrogens with one attached hydrogen (secondary N) is 1. The van der Waals surface area contributed by atoms with Crippen LogP contribution in [0, 0.1) is 0 Å². The number of anilines is 2. The predicted octanol–water partition coefficient (Wildman–Crippen LogP) is 3.34. The van der Waals surface area contributed by atoms with E-state index in [-0.39, 0.29) is 30.4 Å². The fraction of sp³-hybridized carbons (Fsp3) is 0.333. The Morgan fingerprint density at radius 1 is 0.805 bits per heavy atom. The summed E-state index contributed by atoms with van der Waals surface area (Å²) >= 11 is 0. The van der Waals surface area contributed by atoms with Crippen LogP contribution < -0.4 is 15.0 Å². The first-order chi connectivity index (χ1) is 19.9. The van der Waals surface area contributed by atoms with E-state index < -0.39 is 22.1 Å². The maximum Gasteiger partial charge on any atom is 0.321 e.